The maximum Gasteiger partial charge on any atom is 0.258 e. The zero-order valence-electron chi connectivity index (χ0n) is 11.7. The molecule has 5 heteroatoms. The van der Waals surface area contributed by atoms with Crippen LogP contribution < -0.4 is 11.5 Å². The van der Waals surface area contributed by atoms with Crippen molar-refractivity contribution in [2.24, 2.45) is 5.92 Å². The van der Waals surface area contributed by atoms with Crippen LogP contribution in [-0.2, 0) is 0 Å². The van der Waals surface area contributed by atoms with Crippen LogP contribution in [0, 0.1) is 5.92 Å². The molecule has 1 fully saturated rings. The van der Waals surface area contributed by atoms with Gasteiger partial charge in [-0.15, -0.1) is 0 Å². The number of aromatic nitrogens is 2. The van der Waals surface area contributed by atoms with Crippen molar-refractivity contribution in [3.63, 3.8) is 0 Å². The van der Waals surface area contributed by atoms with E-state index in [-0.39, 0.29) is 0 Å². The molecule has 0 bridgehead atoms. The standard InChI is InChI=1S/C15H20N4O/c1-2-9-3-4-10(5-9)14-18-15(20-19-14)11-6-12(16)8-13(17)7-11/h6-10H,2-5,16-17H2,1H3. The van der Waals surface area contributed by atoms with Gasteiger partial charge in [0, 0.05) is 22.9 Å². The maximum absolute atomic E-state index is 5.79. The SMILES string of the molecule is CCC1CCC(c2noc(-c3cc(N)cc(N)c3)n2)C1. The Bertz CT molecular complexity index is 587. The van der Waals surface area contributed by atoms with Crippen LogP contribution in [0.4, 0.5) is 11.4 Å². The first-order valence-corrected chi connectivity index (χ1v) is 7.15. The lowest BCUT2D eigenvalue weighted by molar-refractivity contribution is 0.413. The molecule has 0 aliphatic heterocycles. The summed E-state index contributed by atoms with van der Waals surface area (Å²) in [7, 11) is 0. The first kappa shape index (κ1) is 13.0. The number of anilines is 2. The number of rotatable bonds is 3. The number of nitrogens with two attached hydrogens (primary N) is 2. The van der Waals surface area contributed by atoms with E-state index in [0.717, 1.165) is 30.1 Å². The summed E-state index contributed by atoms with van der Waals surface area (Å²) in [6.07, 6.45) is 4.80. The summed E-state index contributed by atoms with van der Waals surface area (Å²) >= 11 is 0. The minimum atomic E-state index is 0.427. The Kier molecular flexibility index (Phi) is 3.34. The van der Waals surface area contributed by atoms with Crippen molar-refractivity contribution in [1.82, 2.24) is 10.1 Å². The molecule has 1 aromatic heterocycles. The molecule has 5 nitrogen and oxygen atoms in total. The first-order chi connectivity index (χ1) is 9.65. The fraction of sp³-hybridized carbons (Fsp3) is 0.467. The zero-order valence-corrected chi connectivity index (χ0v) is 11.7. The van der Waals surface area contributed by atoms with Gasteiger partial charge in [-0.25, -0.2) is 0 Å². The highest BCUT2D eigenvalue weighted by atomic mass is 16.5. The van der Waals surface area contributed by atoms with Crippen molar-refractivity contribution in [2.75, 3.05) is 11.5 Å². The van der Waals surface area contributed by atoms with Crippen LogP contribution in [0.25, 0.3) is 11.5 Å². The van der Waals surface area contributed by atoms with Gasteiger partial charge in [-0.2, -0.15) is 4.98 Å². The van der Waals surface area contributed by atoms with E-state index in [4.69, 9.17) is 16.0 Å². The molecule has 106 valence electrons. The summed E-state index contributed by atoms with van der Waals surface area (Å²) in [5.41, 5.74) is 13.6. The molecule has 1 heterocycles. The Balaban J connectivity index is 1.83. The van der Waals surface area contributed by atoms with Gasteiger partial charge in [0.05, 0.1) is 0 Å². The van der Waals surface area contributed by atoms with Crippen molar-refractivity contribution in [2.45, 2.75) is 38.5 Å². The van der Waals surface area contributed by atoms with Gasteiger partial charge in [0.25, 0.3) is 5.89 Å². The fourth-order valence-corrected chi connectivity index (χ4v) is 3.00. The van der Waals surface area contributed by atoms with Crippen LogP contribution in [0.15, 0.2) is 22.7 Å². The van der Waals surface area contributed by atoms with Crippen LogP contribution in [0.5, 0.6) is 0 Å². The van der Waals surface area contributed by atoms with E-state index in [1.807, 2.05) is 0 Å². The minimum absolute atomic E-state index is 0.427. The van der Waals surface area contributed by atoms with E-state index in [0.29, 0.717) is 23.2 Å². The van der Waals surface area contributed by atoms with Gasteiger partial charge in [0.15, 0.2) is 5.82 Å². The number of hydrogen-bond acceptors (Lipinski definition) is 5. The fourth-order valence-electron chi connectivity index (χ4n) is 3.00. The van der Waals surface area contributed by atoms with Crippen LogP contribution in [0.2, 0.25) is 0 Å². The molecule has 0 amide bonds. The number of nitrogen functional groups attached to an aromatic ring is 2. The molecule has 2 aromatic rings. The number of hydrogen-bond donors (Lipinski definition) is 2. The highest BCUT2D eigenvalue weighted by Crippen LogP contribution is 2.39. The molecule has 1 saturated carbocycles. The third kappa shape index (κ3) is 2.48. The summed E-state index contributed by atoms with van der Waals surface area (Å²) < 4.78 is 5.37. The average Bonchev–Trinajstić information content (AvgIpc) is 3.06. The van der Waals surface area contributed by atoms with Crippen LogP contribution in [0.3, 0.4) is 0 Å². The van der Waals surface area contributed by atoms with E-state index in [2.05, 4.69) is 17.1 Å². The number of nitrogens with zero attached hydrogens (tertiary/aromatic N) is 2. The maximum atomic E-state index is 5.79. The van der Waals surface area contributed by atoms with Gasteiger partial charge < -0.3 is 16.0 Å². The van der Waals surface area contributed by atoms with Crippen molar-refractivity contribution >= 4 is 11.4 Å². The van der Waals surface area contributed by atoms with Crippen molar-refractivity contribution in [1.29, 1.82) is 0 Å². The predicted octanol–water partition coefficient (Wildman–Crippen LogP) is 3.19. The van der Waals surface area contributed by atoms with E-state index in [1.165, 1.54) is 12.8 Å². The zero-order chi connectivity index (χ0) is 14.1. The van der Waals surface area contributed by atoms with E-state index >= 15 is 0 Å². The Labute approximate surface area is 118 Å². The van der Waals surface area contributed by atoms with Gasteiger partial charge in [-0.3, -0.25) is 0 Å². The molecule has 1 aliphatic carbocycles. The molecule has 1 aliphatic rings. The van der Waals surface area contributed by atoms with Crippen molar-refractivity contribution in [3.05, 3.63) is 24.0 Å². The predicted molar refractivity (Wildman–Crippen MR) is 78.9 cm³/mol. The molecule has 2 atom stereocenters. The lowest BCUT2D eigenvalue weighted by Crippen LogP contribution is -1.97. The second-order valence-electron chi connectivity index (χ2n) is 5.63. The van der Waals surface area contributed by atoms with Crippen LogP contribution in [0.1, 0.15) is 44.3 Å². The van der Waals surface area contributed by atoms with Crippen LogP contribution >= 0.6 is 0 Å². The Morgan fingerprint density at radius 3 is 2.60 bits per heavy atom. The molecule has 0 saturated heterocycles. The third-order valence-electron chi connectivity index (χ3n) is 4.15. The summed E-state index contributed by atoms with van der Waals surface area (Å²) in [6.45, 7) is 2.24. The minimum Gasteiger partial charge on any atom is -0.399 e. The Hall–Kier alpha value is -2.04. The molecular weight excluding hydrogens is 252 g/mol. The van der Waals surface area contributed by atoms with Gasteiger partial charge in [0.1, 0.15) is 0 Å². The van der Waals surface area contributed by atoms with E-state index in [1.54, 1.807) is 18.2 Å². The van der Waals surface area contributed by atoms with Gasteiger partial charge in [-0.1, -0.05) is 18.5 Å². The summed E-state index contributed by atoms with van der Waals surface area (Å²) in [5.74, 6) is 2.54. The monoisotopic (exact) mass is 272 g/mol. The molecule has 3 rings (SSSR count). The molecule has 20 heavy (non-hydrogen) atoms. The van der Waals surface area contributed by atoms with Crippen molar-refractivity contribution in [3.8, 4) is 11.5 Å². The van der Waals surface area contributed by atoms with Crippen LogP contribution in [-0.4, -0.2) is 10.1 Å². The highest BCUT2D eigenvalue weighted by Gasteiger charge is 2.28. The third-order valence-corrected chi connectivity index (χ3v) is 4.15. The molecular formula is C15H20N4O. The first-order valence-electron chi connectivity index (χ1n) is 7.15. The van der Waals surface area contributed by atoms with E-state index in [9.17, 15) is 0 Å². The summed E-state index contributed by atoms with van der Waals surface area (Å²) in [4.78, 5) is 4.52. The number of benzene rings is 1. The lowest BCUT2D eigenvalue weighted by atomic mass is 10.0. The van der Waals surface area contributed by atoms with E-state index < -0.39 is 0 Å². The summed E-state index contributed by atoms with van der Waals surface area (Å²) in [6, 6.07) is 5.32. The average molecular weight is 272 g/mol. The highest BCUT2D eigenvalue weighted by molar-refractivity contribution is 5.67. The van der Waals surface area contributed by atoms with Crippen molar-refractivity contribution < 1.29 is 4.52 Å². The normalized spacial score (nSPS) is 22.2. The molecule has 4 N–H and O–H groups in total. The Morgan fingerprint density at radius 2 is 1.95 bits per heavy atom. The van der Waals surface area contributed by atoms with Gasteiger partial charge in [-0.05, 0) is 43.4 Å². The molecule has 0 spiro atoms. The summed E-state index contributed by atoms with van der Waals surface area (Å²) in [5, 5.41) is 4.13. The molecule has 0 radical (unpaired) electrons. The smallest absolute Gasteiger partial charge is 0.258 e. The molecule has 2 unspecified atom stereocenters. The quantitative estimate of drug-likeness (QED) is 0.837. The second kappa shape index (κ2) is 5.15. The van der Waals surface area contributed by atoms with Gasteiger partial charge >= 0.3 is 0 Å². The Morgan fingerprint density at radius 1 is 1.20 bits per heavy atom. The van der Waals surface area contributed by atoms with Gasteiger partial charge in [0.2, 0.25) is 0 Å². The largest absolute Gasteiger partial charge is 0.399 e. The topological polar surface area (TPSA) is 91.0 Å². The second-order valence-corrected chi connectivity index (χ2v) is 5.63. The molecule has 1 aromatic carbocycles. The lowest BCUT2D eigenvalue weighted by Gasteiger charge is -2.04.